The van der Waals surface area contributed by atoms with Gasteiger partial charge >= 0.3 is 0 Å². The number of ether oxygens (including phenoxy) is 1. The average Bonchev–Trinajstić information content (AvgIpc) is 3.00. The second-order valence-corrected chi connectivity index (χ2v) is 6.54. The van der Waals surface area contributed by atoms with Crippen LogP contribution >= 0.6 is 11.6 Å². The minimum absolute atomic E-state index is 0.346. The molecular formula is C19H23ClN4O. The molecule has 6 heteroatoms. The lowest BCUT2D eigenvalue weighted by atomic mass is 10.1. The number of methoxy groups -OCH3 is 1. The Bertz CT molecular complexity index is 891. The smallest absolute Gasteiger partial charge is 0.164 e. The van der Waals surface area contributed by atoms with Gasteiger partial charge in [-0.05, 0) is 31.5 Å². The van der Waals surface area contributed by atoms with E-state index in [0.717, 1.165) is 53.3 Å². The number of hydrogen-bond donors (Lipinski definition) is 0. The summed E-state index contributed by atoms with van der Waals surface area (Å²) in [6.45, 7) is 6.52. The van der Waals surface area contributed by atoms with E-state index in [1.54, 1.807) is 19.5 Å². The molecule has 0 radical (unpaired) electrons. The van der Waals surface area contributed by atoms with Crippen molar-refractivity contribution in [3.63, 3.8) is 0 Å². The monoisotopic (exact) mass is 358 g/mol. The lowest BCUT2D eigenvalue weighted by Gasteiger charge is -2.15. The largest absolute Gasteiger partial charge is 0.497 e. The number of nitrogens with zero attached hydrogens (tertiary/aromatic N) is 4. The van der Waals surface area contributed by atoms with Crippen LogP contribution in [-0.2, 0) is 6.42 Å². The topological polar surface area (TPSA) is 52.8 Å². The van der Waals surface area contributed by atoms with Gasteiger partial charge in [0.2, 0.25) is 0 Å². The number of benzene rings is 1. The van der Waals surface area contributed by atoms with Gasteiger partial charge in [0.05, 0.1) is 12.1 Å². The van der Waals surface area contributed by atoms with Crippen LogP contribution in [0, 0.1) is 0 Å². The molecule has 2 heterocycles. The fourth-order valence-electron chi connectivity index (χ4n) is 3.23. The van der Waals surface area contributed by atoms with Crippen LogP contribution in [0.2, 0.25) is 5.02 Å². The van der Waals surface area contributed by atoms with Gasteiger partial charge in [0, 0.05) is 18.0 Å². The van der Waals surface area contributed by atoms with Crippen LogP contribution in [0.5, 0.6) is 5.75 Å². The zero-order valence-electron chi connectivity index (χ0n) is 15.1. The summed E-state index contributed by atoms with van der Waals surface area (Å²) in [7, 11) is 1.62. The van der Waals surface area contributed by atoms with Crippen LogP contribution < -0.4 is 4.74 Å². The highest BCUT2D eigenvalue weighted by atomic mass is 35.5. The SMILES string of the molecule is CCCC(C)n1c(CC)nc2c(-c3ccc(OC)cc3Cl)ncnc21. The van der Waals surface area contributed by atoms with Crippen molar-refractivity contribution in [2.24, 2.45) is 0 Å². The lowest BCUT2D eigenvalue weighted by molar-refractivity contribution is 0.415. The third-order valence-corrected chi connectivity index (χ3v) is 4.76. The second kappa shape index (κ2) is 7.40. The molecule has 0 aliphatic carbocycles. The zero-order chi connectivity index (χ0) is 18.0. The van der Waals surface area contributed by atoms with Gasteiger partial charge < -0.3 is 9.30 Å². The molecule has 0 aliphatic heterocycles. The first-order chi connectivity index (χ1) is 12.1. The fourth-order valence-corrected chi connectivity index (χ4v) is 3.49. The summed E-state index contributed by atoms with van der Waals surface area (Å²) < 4.78 is 7.47. The number of fused-ring (bicyclic) bond motifs is 1. The van der Waals surface area contributed by atoms with Crippen LogP contribution in [0.4, 0.5) is 0 Å². The van der Waals surface area contributed by atoms with E-state index in [2.05, 4.69) is 35.3 Å². The molecule has 0 spiro atoms. The van der Waals surface area contributed by atoms with E-state index in [0.29, 0.717) is 11.1 Å². The maximum atomic E-state index is 6.46. The van der Waals surface area contributed by atoms with E-state index >= 15 is 0 Å². The predicted molar refractivity (Wildman–Crippen MR) is 101 cm³/mol. The number of imidazole rings is 1. The Balaban J connectivity index is 2.21. The standard InChI is InChI=1S/C19H23ClN4O/c1-5-7-12(3)24-16(6-2)23-18-17(21-11-22-19(18)24)14-9-8-13(25-4)10-15(14)20/h8-12H,5-7H2,1-4H3. The van der Waals surface area contributed by atoms with Crippen LogP contribution in [0.1, 0.15) is 45.5 Å². The van der Waals surface area contributed by atoms with Gasteiger partial charge in [-0.3, -0.25) is 0 Å². The van der Waals surface area contributed by atoms with Crippen molar-refractivity contribution >= 4 is 22.8 Å². The van der Waals surface area contributed by atoms with Crippen LogP contribution in [0.3, 0.4) is 0 Å². The Hall–Kier alpha value is -2.14. The summed E-state index contributed by atoms with van der Waals surface area (Å²) in [5.41, 5.74) is 3.27. The quantitative estimate of drug-likeness (QED) is 0.616. The number of halogens is 1. The highest BCUT2D eigenvalue weighted by molar-refractivity contribution is 6.33. The van der Waals surface area contributed by atoms with Crippen LogP contribution in [0.15, 0.2) is 24.5 Å². The Kier molecular flexibility index (Phi) is 5.23. The van der Waals surface area contributed by atoms with Crippen molar-refractivity contribution in [1.82, 2.24) is 19.5 Å². The molecule has 1 aromatic carbocycles. The predicted octanol–water partition coefficient (Wildman–Crippen LogP) is 5.08. The summed E-state index contributed by atoms with van der Waals surface area (Å²) in [5, 5.41) is 0.591. The third kappa shape index (κ3) is 3.21. The molecule has 0 aliphatic rings. The molecule has 25 heavy (non-hydrogen) atoms. The van der Waals surface area contributed by atoms with Gasteiger partial charge in [-0.2, -0.15) is 0 Å². The van der Waals surface area contributed by atoms with Crippen LogP contribution in [-0.4, -0.2) is 26.6 Å². The molecule has 5 nitrogen and oxygen atoms in total. The van der Waals surface area contributed by atoms with Gasteiger partial charge in [-0.1, -0.05) is 31.9 Å². The van der Waals surface area contributed by atoms with Crippen LogP contribution in [0.25, 0.3) is 22.4 Å². The van der Waals surface area contributed by atoms with Crippen molar-refractivity contribution in [1.29, 1.82) is 0 Å². The molecule has 0 saturated carbocycles. The second-order valence-electron chi connectivity index (χ2n) is 6.13. The lowest BCUT2D eigenvalue weighted by Crippen LogP contribution is -2.09. The molecule has 1 atom stereocenters. The molecule has 1 unspecified atom stereocenters. The fraction of sp³-hybridized carbons (Fsp3) is 0.421. The Labute approximate surface area is 153 Å². The molecule has 3 rings (SSSR count). The first kappa shape index (κ1) is 17.7. The van der Waals surface area contributed by atoms with Gasteiger partial charge in [0.25, 0.3) is 0 Å². The Morgan fingerprint density at radius 3 is 2.68 bits per heavy atom. The molecule has 0 N–H and O–H groups in total. The van der Waals surface area contributed by atoms with Crippen molar-refractivity contribution in [2.75, 3.05) is 7.11 Å². The first-order valence-electron chi connectivity index (χ1n) is 8.66. The summed E-state index contributed by atoms with van der Waals surface area (Å²) in [4.78, 5) is 13.8. The van der Waals surface area contributed by atoms with E-state index in [9.17, 15) is 0 Å². The van der Waals surface area contributed by atoms with Crippen molar-refractivity contribution in [3.8, 4) is 17.0 Å². The molecule has 132 valence electrons. The van der Waals surface area contributed by atoms with Gasteiger partial charge in [-0.25, -0.2) is 15.0 Å². The van der Waals surface area contributed by atoms with Gasteiger partial charge in [0.15, 0.2) is 5.65 Å². The number of hydrogen-bond acceptors (Lipinski definition) is 4. The minimum atomic E-state index is 0.346. The highest BCUT2D eigenvalue weighted by Crippen LogP contribution is 2.34. The molecule has 0 fully saturated rings. The molecule has 2 aromatic heterocycles. The molecule has 0 amide bonds. The summed E-state index contributed by atoms with van der Waals surface area (Å²) in [6.07, 6.45) is 4.64. The number of rotatable bonds is 6. The normalized spacial score (nSPS) is 12.5. The third-order valence-electron chi connectivity index (χ3n) is 4.44. The van der Waals surface area contributed by atoms with E-state index in [1.807, 2.05) is 12.1 Å². The number of aryl methyl sites for hydroxylation is 1. The van der Waals surface area contributed by atoms with E-state index in [4.69, 9.17) is 21.3 Å². The zero-order valence-corrected chi connectivity index (χ0v) is 15.8. The van der Waals surface area contributed by atoms with Gasteiger partial charge in [0.1, 0.15) is 29.1 Å². The Morgan fingerprint density at radius 2 is 2.04 bits per heavy atom. The summed E-state index contributed by atoms with van der Waals surface area (Å²) >= 11 is 6.46. The maximum absolute atomic E-state index is 6.46. The van der Waals surface area contributed by atoms with Gasteiger partial charge in [-0.15, -0.1) is 0 Å². The van der Waals surface area contributed by atoms with Crippen molar-refractivity contribution in [2.45, 2.75) is 46.1 Å². The number of aromatic nitrogens is 4. The van der Waals surface area contributed by atoms with Crippen molar-refractivity contribution < 1.29 is 4.74 Å². The minimum Gasteiger partial charge on any atom is -0.497 e. The molecular weight excluding hydrogens is 336 g/mol. The summed E-state index contributed by atoms with van der Waals surface area (Å²) in [6, 6.07) is 5.94. The maximum Gasteiger partial charge on any atom is 0.164 e. The molecule has 0 bridgehead atoms. The van der Waals surface area contributed by atoms with Crippen molar-refractivity contribution in [3.05, 3.63) is 35.4 Å². The highest BCUT2D eigenvalue weighted by Gasteiger charge is 2.20. The first-order valence-corrected chi connectivity index (χ1v) is 9.04. The van der Waals surface area contributed by atoms with E-state index in [1.165, 1.54) is 0 Å². The Morgan fingerprint density at radius 1 is 1.24 bits per heavy atom. The van der Waals surface area contributed by atoms with E-state index in [-0.39, 0.29) is 0 Å². The average molecular weight is 359 g/mol. The molecule has 0 saturated heterocycles. The van der Waals surface area contributed by atoms with E-state index < -0.39 is 0 Å². The summed E-state index contributed by atoms with van der Waals surface area (Å²) in [5.74, 6) is 1.75. The molecule has 3 aromatic rings.